The fraction of sp³-hybridized carbons (Fsp3) is 0.412. The van der Waals surface area contributed by atoms with E-state index in [1.165, 1.54) is 19.2 Å². The van der Waals surface area contributed by atoms with Crippen molar-refractivity contribution in [2.24, 2.45) is 23.5 Å². The maximum atomic E-state index is 15.7. The molecule has 10 heteroatoms. The van der Waals surface area contributed by atoms with Gasteiger partial charge in [-0.25, -0.2) is 13.8 Å². The van der Waals surface area contributed by atoms with Gasteiger partial charge in [-0.2, -0.15) is 0 Å². The minimum absolute atomic E-state index is 0.0469. The van der Waals surface area contributed by atoms with Crippen molar-refractivity contribution in [1.82, 2.24) is 15.1 Å². The van der Waals surface area contributed by atoms with Gasteiger partial charge in [-0.05, 0) is 91.8 Å². The van der Waals surface area contributed by atoms with Crippen molar-refractivity contribution in [3.8, 4) is 28.1 Å². The number of pyridine rings is 2. The average Bonchev–Trinajstić information content (AvgIpc) is 3.33. The molecule has 4 aromatic rings. The number of carbonyl (C=O) groups is 1. The lowest BCUT2D eigenvalue weighted by atomic mass is 9.65. The molecule has 0 radical (unpaired) electrons. The highest BCUT2D eigenvalue weighted by Gasteiger charge is 2.38. The molecular formula is C34H39F2N5O3. The number of methoxy groups -OCH3 is 1. The number of benzene rings is 1. The predicted molar refractivity (Wildman–Crippen MR) is 165 cm³/mol. The lowest BCUT2D eigenvalue weighted by Crippen LogP contribution is -2.44. The van der Waals surface area contributed by atoms with Crippen molar-refractivity contribution >= 4 is 11.6 Å². The Labute approximate surface area is 256 Å². The molecule has 5 rings (SSSR count). The summed E-state index contributed by atoms with van der Waals surface area (Å²) in [6.07, 6.45) is 6.10. The van der Waals surface area contributed by atoms with Crippen LogP contribution in [-0.4, -0.2) is 34.2 Å². The Morgan fingerprint density at radius 2 is 1.91 bits per heavy atom. The zero-order valence-electron chi connectivity index (χ0n) is 25.9. The molecule has 1 aliphatic rings. The topological polar surface area (TPSA) is 116 Å². The van der Waals surface area contributed by atoms with Crippen molar-refractivity contribution in [3.63, 3.8) is 0 Å². The SMILES string of the molecule is CCC1CC(c2ccncc2NC(=O)c2ccc(F)c(-c3c(F)cc(-c4c(C)noc4C)cc3OC)n2)CC(N)C1C(C)C. The van der Waals surface area contributed by atoms with Gasteiger partial charge in [0.05, 0.1) is 30.3 Å². The molecule has 1 amide bonds. The number of hydrogen-bond donors (Lipinski definition) is 2. The molecule has 0 saturated heterocycles. The second-order valence-corrected chi connectivity index (χ2v) is 12.0. The Hall–Kier alpha value is -4.18. The summed E-state index contributed by atoms with van der Waals surface area (Å²) in [5.74, 6) is -0.0312. The van der Waals surface area contributed by atoms with Gasteiger partial charge in [-0.3, -0.25) is 9.78 Å². The molecule has 1 fully saturated rings. The summed E-state index contributed by atoms with van der Waals surface area (Å²) in [4.78, 5) is 22.0. The van der Waals surface area contributed by atoms with Gasteiger partial charge in [-0.1, -0.05) is 32.3 Å². The standard InChI is InChI=1S/C34H39F2N5O3/c1-7-20-12-21(14-26(37)30(20)17(2)3)23-10-11-38-16-28(23)40-34(42)27-9-8-24(35)33(39-27)32-25(36)13-22(15-29(32)43-6)31-18(4)41-44-19(31)5/h8-11,13,15-17,20-21,26,30H,7,12,14,37H2,1-6H3,(H,40,42). The van der Waals surface area contributed by atoms with Gasteiger partial charge in [-0.15, -0.1) is 0 Å². The molecule has 232 valence electrons. The van der Waals surface area contributed by atoms with Crippen LogP contribution in [0.1, 0.15) is 73.5 Å². The molecule has 4 unspecified atom stereocenters. The van der Waals surface area contributed by atoms with Crippen LogP contribution in [0.25, 0.3) is 22.4 Å². The third-order valence-corrected chi connectivity index (χ3v) is 8.93. The normalized spacial score (nSPS) is 20.1. The minimum atomic E-state index is -0.799. The highest BCUT2D eigenvalue weighted by Crippen LogP contribution is 2.45. The Morgan fingerprint density at radius 1 is 1.14 bits per heavy atom. The highest BCUT2D eigenvalue weighted by molar-refractivity contribution is 6.03. The molecule has 0 bridgehead atoms. The lowest BCUT2D eigenvalue weighted by molar-refractivity contribution is 0.102. The summed E-state index contributed by atoms with van der Waals surface area (Å²) in [6, 6.07) is 7.15. The highest BCUT2D eigenvalue weighted by atomic mass is 19.1. The summed E-state index contributed by atoms with van der Waals surface area (Å²) in [5.41, 5.74) is 9.23. The number of nitrogens with one attached hydrogen (secondary N) is 1. The maximum Gasteiger partial charge on any atom is 0.274 e. The number of rotatable bonds is 8. The predicted octanol–water partition coefficient (Wildman–Crippen LogP) is 7.46. The number of carbonyl (C=O) groups excluding carboxylic acids is 1. The van der Waals surface area contributed by atoms with Crippen LogP contribution >= 0.6 is 0 Å². The Morgan fingerprint density at radius 3 is 2.57 bits per heavy atom. The van der Waals surface area contributed by atoms with Gasteiger partial charge in [0.15, 0.2) is 0 Å². The molecule has 8 nitrogen and oxygen atoms in total. The van der Waals surface area contributed by atoms with E-state index < -0.39 is 17.5 Å². The number of anilines is 1. The van der Waals surface area contributed by atoms with Crippen LogP contribution in [0.3, 0.4) is 0 Å². The second-order valence-electron chi connectivity index (χ2n) is 12.0. The van der Waals surface area contributed by atoms with Crippen LogP contribution in [0.15, 0.2) is 47.2 Å². The first-order valence-electron chi connectivity index (χ1n) is 15.0. The van der Waals surface area contributed by atoms with Crippen molar-refractivity contribution in [1.29, 1.82) is 0 Å². The first-order chi connectivity index (χ1) is 21.0. The van der Waals surface area contributed by atoms with E-state index in [1.807, 2.05) is 6.07 Å². The van der Waals surface area contributed by atoms with Crippen LogP contribution in [0.4, 0.5) is 14.5 Å². The molecular weight excluding hydrogens is 564 g/mol. The van der Waals surface area contributed by atoms with E-state index in [0.29, 0.717) is 46.0 Å². The number of nitrogens with two attached hydrogens (primary N) is 1. The molecule has 4 atom stereocenters. The second kappa shape index (κ2) is 12.8. The van der Waals surface area contributed by atoms with E-state index in [0.717, 1.165) is 30.9 Å². The molecule has 3 heterocycles. The third kappa shape index (κ3) is 5.95. The Kier molecular flexibility index (Phi) is 9.10. The Balaban J connectivity index is 1.45. The van der Waals surface area contributed by atoms with Gasteiger partial charge in [0.2, 0.25) is 0 Å². The first-order valence-corrected chi connectivity index (χ1v) is 15.0. The molecule has 44 heavy (non-hydrogen) atoms. The van der Waals surface area contributed by atoms with Crippen LogP contribution in [0.2, 0.25) is 0 Å². The van der Waals surface area contributed by atoms with Gasteiger partial charge in [0.1, 0.15) is 34.5 Å². The summed E-state index contributed by atoms with van der Waals surface area (Å²) in [5, 5.41) is 6.85. The number of aryl methyl sites for hydroxylation is 2. The maximum absolute atomic E-state index is 15.7. The summed E-state index contributed by atoms with van der Waals surface area (Å²) >= 11 is 0. The van der Waals surface area contributed by atoms with Crippen molar-refractivity contribution in [3.05, 3.63) is 77.1 Å². The first kappa shape index (κ1) is 31.3. The molecule has 1 aromatic carbocycles. The fourth-order valence-electron chi connectivity index (χ4n) is 6.99. The molecule has 1 saturated carbocycles. The van der Waals surface area contributed by atoms with Crippen LogP contribution in [0, 0.1) is 43.2 Å². The molecule has 0 aliphatic heterocycles. The zero-order valence-corrected chi connectivity index (χ0v) is 25.9. The number of halogens is 2. The van der Waals surface area contributed by atoms with Crippen molar-refractivity contribution in [2.45, 2.75) is 65.8 Å². The van der Waals surface area contributed by atoms with E-state index in [1.54, 1.807) is 32.3 Å². The smallest absolute Gasteiger partial charge is 0.274 e. The van der Waals surface area contributed by atoms with Crippen LogP contribution in [-0.2, 0) is 0 Å². The number of nitrogens with zero attached hydrogens (tertiary/aromatic N) is 3. The lowest BCUT2D eigenvalue weighted by Gasteiger charge is -2.43. The number of aromatic nitrogens is 3. The molecule has 3 aromatic heterocycles. The van der Waals surface area contributed by atoms with Crippen molar-refractivity contribution in [2.75, 3.05) is 12.4 Å². The van der Waals surface area contributed by atoms with E-state index >= 15 is 8.78 Å². The monoisotopic (exact) mass is 603 g/mol. The largest absolute Gasteiger partial charge is 0.496 e. The van der Waals surface area contributed by atoms with E-state index in [9.17, 15) is 4.79 Å². The third-order valence-electron chi connectivity index (χ3n) is 8.93. The van der Waals surface area contributed by atoms with Crippen molar-refractivity contribution < 1.29 is 22.8 Å². The van der Waals surface area contributed by atoms with Crippen LogP contribution in [0.5, 0.6) is 5.75 Å². The average molecular weight is 604 g/mol. The summed E-state index contributed by atoms with van der Waals surface area (Å²) < 4.78 is 41.5. The number of ether oxygens (including phenoxy) is 1. The zero-order chi connectivity index (χ0) is 31.7. The van der Waals surface area contributed by atoms with Crippen LogP contribution < -0.4 is 15.8 Å². The molecule has 0 spiro atoms. The molecule has 3 N–H and O–H groups in total. The van der Waals surface area contributed by atoms with Gasteiger partial charge in [0.25, 0.3) is 5.91 Å². The van der Waals surface area contributed by atoms with Gasteiger partial charge in [0, 0.05) is 17.8 Å². The Bertz CT molecular complexity index is 1650. The fourth-order valence-corrected chi connectivity index (χ4v) is 6.99. The number of hydrogen-bond acceptors (Lipinski definition) is 7. The molecule has 1 aliphatic carbocycles. The van der Waals surface area contributed by atoms with E-state index in [-0.39, 0.29) is 34.7 Å². The quantitative estimate of drug-likeness (QED) is 0.215. The summed E-state index contributed by atoms with van der Waals surface area (Å²) in [7, 11) is 1.36. The number of amides is 1. The van der Waals surface area contributed by atoms with Gasteiger partial charge < -0.3 is 20.3 Å². The van der Waals surface area contributed by atoms with Gasteiger partial charge >= 0.3 is 0 Å². The van der Waals surface area contributed by atoms with E-state index in [2.05, 4.69) is 41.2 Å². The minimum Gasteiger partial charge on any atom is -0.496 e. The summed E-state index contributed by atoms with van der Waals surface area (Å²) in [6.45, 7) is 10.1. The van der Waals surface area contributed by atoms with E-state index in [4.69, 9.17) is 15.0 Å².